The quantitative estimate of drug-likeness (QED) is 0.617. The Balaban J connectivity index is 2.20. The summed E-state index contributed by atoms with van der Waals surface area (Å²) in [6.45, 7) is 1.80. The first-order valence-corrected chi connectivity index (χ1v) is 6.14. The second kappa shape index (κ2) is 6.10. The molecule has 0 aliphatic heterocycles. The zero-order chi connectivity index (χ0) is 14.5. The first-order valence-electron chi connectivity index (χ1n) is 6.14. The highest BCUT2D eigenvalue weighted by atomic mass is 16.5. The number of aryl methyl sites for hydroxylation is 1. The molecule has 20 heavy (non-hydrogen) atoms. The third kappa shape index (κ3) is 3.29. The van der Waals surface area contributed by atoms with Gasteiger partial charge in [-0.15, -0.1) is 0 Å². The van der Waals surface area contributed by atoms with E-state index in [0.29, 0.717) is 23.0 Å². The van der Waals surface area contributed by atoms with Crippen molar-refractivity contribution in [2.45, 2.75) is 6.92 Å². The van der Waals surface area contributed by atoms with Crippen molar-refractivity contribution < 1.29 is 18.7 Å². The third-order valence-electron chi connectivity index (χ3n) is 2.78. The van der Waals surface area contributed by atoms with Crippen LogP contribution in [0.2, 0.25) is 0 Å². The van der Waals surface area contributed by atoms with E-state index in [1.807, 2.05) is 12.1 Å². The lowest BCUT2D eigenvalue weighted by atomic mass is 10.1. The molecule has 0 radical (unpaired) electrons. The minimum absolute atomic E-state index is 0.181. The molecule has 4 nitrogen and oxygen atoms in total. The smallest absolute Gasteiger partial charge is 0.221 e. The maximum absolute atomic E-state index is 11.9. The number of carbonyl (C=O) groups is 1. The van der Waals surface area contributed by atoms with E-state index >= 15 is 0 Å². The molecule has 0 fully saturated rings. The largest absolute Gasteiger partial charge is 0.497 e. The number of benzene rings is 1. The minimum atomic E-state index is -0.181. The van der Waals surface area contributed by atoms with Crippen LogP contribution in [0, 0.1) is 6.92 Å². The Labute approximate surface area is 117 Å². The Hall–Kier alpha value is -2.49. The first-order chi connectivity index (χ1) is 9.62. The van der Waals surface area contributed by atoms with Crippen molar-refractivity contribution in [1.29, 1.82) is 0 Å². The van der Waals surface area contributed by atoms with Gasteiger partial charge < -0.3 is 13.9 Å². The molecule has 1 aromatic heterocycles. The van der Waals surface area contributed by atoms with Crippen molar-refractivity contribution >= 4 is 11.9 Å². The lowest BCUT2D eigenvalue weighted by Gasteiger charge is -2.05. The highest BCUT2D eigenvalue weighted by Crippen LogP contribution is 2.23. The number of ketones is 1. The Kier molecular flexibility index (Phi) is 4.25. The van der Waals surface area contributed by atoms with E-state index < -0.39 is 0 Å². The predicted molar refractivity (Wildman–Crippen MR) is 76.4 cm³/mol. The molecular weight excluding hydrogens is 256 g/mol. The van der Waals surface area contributed by atoms with Gasteiger partial charge in [0.05, 0.1) is 14.2 Å². The standard InChI is InChI=1S/C16H16O4/c1-11-4-7-16(20-11)15(17)6-5-12-8-13(18-2)10-14(9-12)19-3/h4-10H,1-3H3/b6-5+. The van der Waals surface area contributed by atoms with Crippen molar-refractivity contribution in [1.82, 2.24) is 0 Å². The number of methoxy groups -OCH3 is 2. The molecule has 0 spiro atoms. The number of allylic oxidation sites excluding steroid dienone is 1. The molecule has 0 saturated carbocycles. The van der Waals surface area contributed by atoms with Gasteiger partial charge in [0.15, 0.2) is 5.76 Å². The van der Waals surface area contributed by atoms with Gasteiger partial charge in [0.25, 0.3) is 0 Å². The Morgan fingerprint density at radius 1 is 1.10 bits per heavy atom. The van der Waals surface area contributed by atoms with Crippen LogP contribution in [0.4, 0.5) is 0 Å². The second-order valence-electron chi connectivity index (χ2n) is 4.25. The van der Waals surface area contributed by atoms with Gasteiger partial charge in [-0.25, -0.2) is 0 Å². The van der Waals surface area contributed by atoms with E-state index in [9.17, 15) is 4.79 Å². The molecule has 0 aliphatic carbocycles. The number of carbonyl (C=O) groups excluding carboxylic acids is 1. The van der Waals surface area contributed by atoms with Gasteiger partial charge in [-0.1, -0.05) is 6.08 Å². The summed E-state index contributed by atoms with van der Waals surface area (Å²) in [7, 11) is 3.16. The maximum atomic E-state index is 11.9. The number of rotatable bonds is 5. The summed E-state index contributed by atoms with van der Waals surface area (Å²) in [5.74, 6) is 2.20. The lowest BCUT2D eigenvalue weighted by Crippen LogP contribution is -1.91. The number of furan rings is 1. The molecule has 0 bridgehead atoms. The van der Waals surface area contributed by atoms with Crippen molar-refractivity contribution in [3.63, 3.8) is 0 Å². The summed E-state index contributed by atoms with van der Waals surface area (Å²) in [5.41, 5.74) is 0.817. The van der Waals surface area contributed by atoms with Crippen LogP contribution < -0.4 is 9.47 Å². The molecule has 0 unspecified atom stereocenters. The molecule has 2 rings (SSSR count). The van der Waals surface area contributed by atoms with E-state index in [2.05, 4.69) is 0 Å². The van der Waals surface area contributed by atoms with E-state index in [1.54, 1.807) is 45.4 Å². The van der Waals surface area contributed by atoms with Crippen molar-refractivity contribution in [3.8, 4) is 11.5 Å². The van der Waals surface area contributed by atoms with Crippen LogP contribution in [-0.4, -0.2) is 20.0 Å². The average Bonchev–Trinajstić information content (AvgIpc) is 2.91. The molecule has 2 aromatic rings. The van der Waals surface area contributed by atoms with Crippen LogP contribution >= 0.6 is 0 Å². The van der Waals surface area contributed by atoms with E-state index in [0.717, 1.165) is 5.56 Å². The van der Waals surface area contributed by atoms with Gasteiger partial charge in [-0.3, -0.25) is 4.79 Å². The molecule has 104 valence electrons. The molecule has 0 aliphatic rings. The zero-order valence-electron chi connectivity index (χ0n) is 11.7. The zero-order valence-corrected chi connectivity index (χ0v) is 11.7. The molecule has 0 N–H and O–H groups in total. The summed E-state index contributed by atoms with van der Waals surface area (Å²) in [4.78, 5) is 11.9. The second-order valence-corrected chi connectivity index (χ2v) is 4.25. The molecule has 0 atom stereocenters. The monoisotopic (exact) mass is 272 g/mol. The summed E-state index contributed by atoms with van der Waals surface area (Å²) >= 11 is 0. The Morgan fingerprint density at radius 3 is 2.25 bits per heavy atom. The maximum Gasteiger partial charge on any atom is 0.221 e. The highest BCUT2D eigenvalue weighted by Gasteiger charge is 2.06. The van der Waals surface area contributed by atoms with Crippen molar-refractivity contribution in [2.75, 3.05) is 14.2 Å². The normalized spacial score (nSPS) is 10.8. The molecule has 0 amide bonds. The number of hydrogen-bond acceptors (Lipinski definition) is 4. The van der Waals surface area contributed by atoms with Gasteiger partial charge in [0, 0.05) is 6.07 Å². The fourth-order valence-corrected chi connectivity index (χ4v) is 1.75. The van der Waals surface area contributed by atoms with Crippen molar-refractivity contribution in [3.05, 3.63) is 53.5 Å². The lowest BCUT2D eigenvalue weighted by molar-refractivity contribution is 0.102. The molecule has 4 heteroatoms. The van der Waals surface area contributed by atoms with Crippen LogP contribution in [0.5, 0.6) is 11.5 Å². The fourth-order valence-electron chi connectivity index (χ4n) is 1.75. The SMILES string of the molecule is COc1cc(/C=C/C(=O)c2ccc(C)o2)cc(OC)c1. The van der Waals surface area contributed by atoms with Crippen LogP contribution in [0.1, 0.15) is 21.9 Å². The van der Waals surface area contributed by atoms with Gasteiger partial charge in [0.1, 0.15) is 17.3 Å². The Bertz CT molecular complexity index is 615. The summed E-state index contributed by atoms with van der Waals surface area (Å²) in [5, 5.41) is 0. The van der Waals surface area contributed by atoms with E-state index in [1.165, 1.54) is 6.08 Å². The molecule has 1 aromatic carbocycles. The van der Waals surface area contributed by atoms with E-state index in [-0.39, 0.29) is 5.78 Å². The molecule has 0 saturated heterocycles. The number of ether oxygens (including phenoxy) is 2. The van der Waals surface area contributed by atoms with Gasteiger partial charge in [-0.05, 0) is 42.8 Å². The van der Waals surface area contributed by atoms with Gasteiger partial charge >= 0.3 is 0 Å². The fraction of sp³-hybridized carbons (Fsp3) is 0.188. The highest BCUT2D eigenvalue weighted by molar-refractivity contribution is 6.04. The van der Waals surface area contributed by atoms with Gasteiger partial charge in [0.2, 0.25) is 5.78 Å². The van der Waals surface area contributed by atoms with Crippen molar-refractivity contribution in [2.24, 2.45) is 0 Å². The van der Waals surface area contributed by atoms with Crippen LogP contribution in [0.3, 0.4) is 0 Å². The van der Waals surface area contributed by atoms with Crippen LogP contribution in [0.25, 0.3) is 6.08 Å². The van der Waals surface area contributed by atoms with Crippen LogP contribution in [0.15, 0.2) is 40.8 Å². The Morgan fingerprint density at radius 2 is 1.75 bits per heavy atom. The molecular formula is C16H16O4. The average molecular weight is 272 g/mol. The molecule has 1 heterocycles. The third-order valence-corrected chi connectivity index (χ3v) is 2.78. The van der Waals surface area contributed by atoms with E-state index in [4.69, 9.17) is 13.9 Å². The summed E-state index contributed by atoms with van der Waals surface area (Å²) in [6.07, 6.45) is 3.16. The number of hydrogen-bond donors (Lipinski definition) is 0. The summed E-state index contributed by atoms with van der Waals surface area (Å²) < 4.78 is 15.6. The minimum Gasteiger partial charge on any atom is -0.497 e. The summed E-state index contributed by atoms with van der Waals surface area (Å²) in [6, 6.07) is 8.83. The topological polar surface area (TPSA) is 48.7 Å². The van der Waals surface area contributed by atoms with Gasteiger partial charge in [-0.2, -0.15) is 0 Å². The van der Waals surface area contributed by atoms with Crippen LogP contribution in [-0.2, 0) is 0 Å². The predicted octanol–water partition coefficient (Wildman–Crippen LogP) is 3.50. The first kappa shape index (κ1) is 13.9.